The van der Waals surface area contributed by atoms with Crippen LogP contribution in [-0.2, 0) is 13.2 Å². The van der Waals surface area contributed by atoms with E-state index in [1.807, 2.05) is 36.4 Å². The van der Waals surface area contributed by atoms with Crippen LogP contribution in [0, 0.1) is 6.92 Å². The Bertz CT molecular complexity index is 833. The predicted octanol–water partition coefficient (Wildman–Crippen LogP) is 6.49. The van der Waals surface area contributed by atoms with Gasteiger partial charge in [-0.05, 0) is 36.8 Å². The van der Waals surface area contributed by atoms with Gasteiger partial charge in [-0.25, -0.2) is 0 Å². The van der Waals surface area contributed by atoms with Crippen LogP contribution in [0.4, 0.5) is 5.69 Å². The average Bonchev–Trinajstić information content (AvgIpc) is 2.61. The summed E-state index contributed by atoms with van der Waals surface area (Å²) >= 11 is 12.5. The molecule has 128 valence electrons. The Morgan fingerprint density at radius 3 is 2.36 bits per heavy atom. The second-order valence-corrected chi connectivity index (χ2v) is 6.71. The third-order valence-electron chi connectivity index (χ3n) is 3.85. The number of hydrogen-bond donors (Lipinski definition) is 1. The molecule has 0 heterocycles. The third-order valence-corrected chi connectivity index (χ3v) is 4.34. The number of halogens is 2. The lowest BCUT2D eigenvalue weighted by Gasteiger charge is -2.15. The predicted molar refractivity (Wildman–Crippen MR) is 106 cm³/mol. The van der Waals surface area contributed by atoms with Gasteiger partial charge in [-0.2, -0.15) is 0 Å². The number of hydrogen-bond acceptors (Lipinski definition) is 2. The summed E-state index contributed by atoms with van der Waals surface area (Å²) in [4.78, 5) is 0. The van der Waals surface area contributed by atoms with Gasteiger partial charge in [0, 0.05) is 22.8 Å². The number of ether oxygens (including phenoxy) is 1. The molecule has 4 heteroatoms. The summed E-state index contributed by atoms with van der Waals surface area (Å²) in [7, 11) is 0. The molecular formula is C21H19Cl2NO. The molecule has 0 bridgehead atoms. The van der Waals surface area contributed by atoms with Crippen LogP contribution in [0.1, 0.15) is 16.7 Å². The van der Waals surface area contributed by atoms with Crippen molar-refractivity contribution < 1.29 is 4.74 Å². The first-order chi connectivity index (χ1) is 12.1. The van der Waals surface area contributed by atoms with Crippen LogP contribution in [0.3, 0.4) is 0 Å². The van der Waals surface area contributed by atoms with Crippen LogP contribution in [0.25, 0.3) is 0 Å². The molecule has 1 N–H and O–H groups in total. The topological polar surface area (TPSA) is 21.3 Å². The average molecular weight is 372 g/mol. The molecule has 0 aliphatic carbocycles. The highest BCUT2D eigenvalue weighted by atomic mass is 35.5. The first-order valence-corrected chi connectivity index (χ1v) is 8.82. The highest BCUT2D eigenvalue weighted by Gasteiger charge is 2.11. The summed E-state index contributed by atoms with van der Waals surface area (Å²) < 4.78 is 6.01. The zero-order valence-electron chi connectivity index (χ0n) is 13.9. The smallest absolute Gasteiger partial charge is 0.143 e. The van der Waals surface area contributed by atoms with Crippen molar-refractivity contribution in [2.45, 2.75) is 20.1 Å². The highest BCUT2D eigenvalue weighted by molar-refractivity contribution is 6.35. The van der Waals surface area contributed by atoms with Crippen LogP contribution < -0.4 is 10.1 Å². The molecule has 0 atom stereocenters. The van der Waals surface area contributed by atoms with Crippen LogP contribution in [0.2, 0.25) is 10.0 Å². The molecule has 0 amide bonds. The number of para-hydroxylation sites is 1. The molecule has 3 aromatic carbocycles. The van der Waals surface area contributed by atoms with Crippen molar-refractivity contribution in [1.29, 1.82) is 0 Å². The van der Waals surface area contributed by atoms with E-state index in [0.29, 0.717) is 28.9 Å². The van der Waals surface area contributed by atoms with Crippen molar-refractivity contribution >= 4 is 28.9 Å². The highest BCUT2D eigenvalue weighted by Crippen LogP contribution is 2.33. The molecule has 0 aliphatic heterocycles. The van der Waals surface area contributed by atoms with E-state index in [4.69, 9.17) is 27.9 Å². The Labute approximate surface area is 158 Å². The summed E-state index contributed by atoms with van der Waals surface area (Å²) in [5.41, 5.74) is 4.27. The van der Waals surface area contributed by atoms with Crippen molar-refractivity contribution in [1.82, 2.24) is 0 Å². The van der Waals surface area contributed by atoms with Crippen LogP contribution >= 0.6 is 23.2 Å². The monoisotopic (exact) mass is 371 g/mol. The molecule has 0 aromatic heterocycles. The maximum Gasteiger partial charge on any atom is 0.143 e. The maximum atomic E-state index is 6.37. The van der Waals surface area contributed by atoms with Crippen molar-refractivity contribution in [3.63, 3.8) is 0 Å². The quantitative estimate of drug-likeness (QED) is 0.534. The minimum Gasteiger partial charge on any atom is -0.487 e. The van der Waals surface area contributed by atoms with E-state index in [1.54, 1.807) is 6.07 Å². The van der Waals surface area contributed by atoms with Crippen LogP contribution in [-0.4, -0.2) is 0 Å². The molecule has 3 rings (SSSR count). The molecular weight excluding hydrogens is 353 g/mol. The Morgan fingerprint density at radius 1 is 0.920 bits per heavy atom. The molecule has 0 saturated heterocycles. The van der Waals surface area contributed by atoms with Gasteiger partial charge in [0.25, 0.3) is 0 Å². The van der Waals surface area contributed by atoms with Crippen molar-refractivity contribution in [3.05, 3.63) is 93.5 Å². The fourth-order valence-electron chi connectivity index (χ4n) is 2.50. The zero-order chi connectivity index (χ0) is 17.6. The van der Waals surface area contributed by atoms with Gasteiger partial charge in [0.1, 0.15) is 12.4 Å². The number of benzene rings is 3. The third kappa shape index (κ3) is 4.91. The second-order valence-electron chi connectivity index (χ2n) is 5.87. The van der Waals surface area contributed by atoms with Crippen LogP contribution in [0.15, 0.2) is 66.7 Å². The van der Waals surface area contributed by atoms with E-state index in [1.165, 1.54) is 5.56 Å². The number of aryl methyl sites for hydroxylation is 1. The standard InChI is InChI=1S/C21H19Cl2NO/c1-15-7-9-16(10-8-15)14-25-21-17(11-18(22)12-20(21)23)13-24-19-5-3-2-4-6-19/h2-12,24H,13-14H2,1H3. The van der Waals surface area contributed by atoms with E-state index < -0.39 is 0 Å². The summed E-state index contributed by atoms with van der Waals surface area (Å²) in [6.45, 7) is 3.10. The van der Waals surface area contributed by atoms with Crippen LogP contribution in [0.5, 0.6) is 5.75 Å². The van der Waals surface area contributed by atoms with Gasteiger partial charge in [0.15, 0.2) is 0 Å². The SMILES string of the molecule is Cc1ccc(COc2c(Cl)cc(Cl)cc2CNc2ccccc2)cc1. The normalized spacial score (nSPS) is 10.5. The molecule has 0 unspecified atom stereocenters. The van der Waals surface area contributed by atoms with Gasteiger partial charge in [0.2, 0.25) is 0 Å². The molecule has 3 aromatic rings. The largest absolute Gasteiger partial charge is 0.487 e. The lowest BCUT2D eigenvalue weighted by molar-refractivity contribution is 0.303. The molecule has 0 radical (unpaired) electrons. The minimum atomic E-state index is 0.458. The van der Waals surface area contributed by atoms with Crippen molar-refractivity contribution in [3.8, 4) is 5.75 Å². The number of rotatable bonds is 6. The summed E-state index contributed by atoms with van der Waals surface area (Å²) in [6.07, 6.45) is 0. The molecule has 0 fully saturated rings. The van der Waals surface area contributed by atoms with E-state index in [-0.39, 0.29) is 0 Å². The molecule has 2 nitrogen and oxygen atoms in total. The number of nitrogens with one attached hydrogen (secondary N) is 1. The Balaban J connectivity index is 1.76. The van der Waals surface area contributed by atoms with Crippen molar-refractivity contribution in [2.24, 2.45) is 0 Å². The van der Waals surface area contributed by atoms with Gasteiger partial charge in [-0.3, -0.25) is 0 Å². The van der Waals surface area contributed by atoms with E-state index in [9.17, 15) is 0 Å². The summed E-state index contributed by atoms with van der Waals surface area (Å²) in [5, 5.41) is 4.48. The van der Waals surface area contributed by atoms with Gasteiger partial charge in [-0.1, -0.05) is 71.2 Å². The maximum absolute atomic E-state index is 6.37. The fourth-order valence-corrected chi connectivity index (χ4v) is 3.09. The van der Waals surface area contributed by atoms with Gasteiger partial charge < -0.3 is 10.1 Å². The fraction of sp³-hybridized carbons (Fsp3) is 0.143. The minimum absolute atomic E-state index is 0.458. The second kappa shape index (κ2) is 8.28. The zero-order valence-corrected chi connectivity index (χ0v) is 15.4. The summed E-state index contributed by atoms with van der Waals surface area (Å²) in [6, 6.07) is 21.8. The molecule has 0 spiro atoms. The van der Waals surface area contributed by atoms with Gasteiger partial charge in [-0.15, -0.1) is 0 Å². The summed E-state index contributed by atoms with van der Waals surface area (Å²) in [5.74, 6) is 0.662. The van der Waals surface area contributed by atoms with Gasteiger partial charge >= 0.3 is 0 Å². The molecule has 0 saturated carbocycles. The van der Waals surface area contributed by atoms with Crippen molar-refractivity contribution in [2.75, 3.05) is 5.32 Å². The van der Waals surface area contributed by atoms with E-state index >= 15 is 0 Å². The lowest BCUT2D eigenvalue weighted by Crippen LogP contribution is -2.04. The number of anilines is 1. The first-order valence-electron chi connectivity index (χ1n) is 8.07. The Kier molecular flexibility index (Phi) is 5.85. The molecule has 0 aliphatic rings. The first kappa shape index (κ1) is 17.7. The van der Waals surface area contributed by atoms with Gasteiger partial charge in [0.05, 0.1) is 5.02 Å². The lowest BCUT2D eigenvalue weighted by atomic mass is 10.1. The molecule has 25 heavy (non-hydrogen) atoms. The van der Waals surface area contributed by atoms with E-state index in [2.05, 4.69) is 36.5 Å². The Morgan fingerprint density at radius 2 is 1.64 bits per heavy atom. The Hall–Kier alpha value is -2.16. The van der Waals surface area contributed by atoms with E-state index in [0.717, 1.165) is 16.8 Å².